The van der Waals surface area contributed by atoms with Gasteiger partial charge in [-0.05, 0) is 42.3 Å². The number of carbonyl (C=O) groups excluding carboxylic acids is 1. The van der Waals surface area contributed by atoms with E-state index in [9.17, 15) is 4.79 Å². The largest absolute Gasteiger partial charge is 0.302 e. The first-order chi connectivity index (χ1) is 13.6. The highest BCUT2D eigenvalue weighted by Crippen LogP contribution is 2.34. The van der Waals surface area contributed by atoms with Gasteiger partial charge >= 0.3 is 0 Å². The predicted octanol–water partition coefficient (Wildman–Crippen LogP) is 6.22. The van der Waals surface area contributed by atoms with Crippen LogP contribution in [0, 0.1) is 0 Å². The summed E-state index contributed by atoms with van der Waals surface area (Å²) in [6, 6.07) is 20.9. The van der Waals surface area contributed by atoms with Crippen molar-refractivity contribution in [3.63, 3.8) is 0 Å². The van der Waals surface area contributed by atoms with E-state index in [0.29, 0.717) is 22.3 Å². The molecule has 1 heterocycles. The van der Waals surface area contributed by atoms with Crippen molar-refractivity contribution in [3.8, 4) is 0 Å². The van der Waals surface area contributed by atoms with Gasteiger partial charge < -0.3 is 4.90 Å². The van der Waals surface area contributed by atoms with Crippen LogP contribution < -0.4 is 4.90 Å². The smallest absolute Gasteiger partial charge is 0.277 e. The summed E-state index contributed by atoms with van der Waals surface area (Å²) in [5, 5.41) is 1.08. The Balaban J connectivity index is 1.74. The first kappa shape index (κ1) is 18.7. The zero-order chi connectivity index (χ0) is 19.7. The Morgan fingerprint density at radius 2 is 1.57 bits per heavy atom. The van der Waals surface area contributed by atoms with Crippen LogP contribution in [-0.4, -0.2) is 11.6 Å². The van der Waals surface area contributed by atoms with Crippen molar-refractivity contribution < 1.29 is 4.79 Å². The molecule has 0 N–H and O–H groups in total. The van der Waals surface area contributed by atoms with Crippen LogP contribution in [0.3, 0.4) is 0 Å². The quantitative estimate of drug-likeness (QED) is 0.503. The predicted molar refractivity (Wildman–Crippen MR) is 116 cm³/mol. The highest BCUT2D eigenvalue weighted by atomic mass is 35.5. The summed E-state index contributed by atoms with van der Waals surface area (Å²) in [5.41, 5.74) is 4.78. The molecule has 0 bridgehead atoms. The Labute approximate surface area is 174 Å². The van der Waals surface area contributed by atoms with Crippen molar-refractivity contribution in [2.75, 3.05) is 4.90 Å². The second kappa shape index (κ2) is 7.78. The molecular formula is C23H18Cl2N2O. The fourth-order valence-electron chi connectivity index (χ4n) is 3.30. The van der Waals surface area contributed by atoms with Crippen LogP contribution in [0.1, 0.15) is 23.6 Å². The lowest BCUT2D eigenvalue weighted by molar-refractivity contribution is -0.112. The van der Waals surface area contributed by atoms with E-state index in [-0.39, 0.29) is 5.91 Å². The molecule has 0 saturated carbocycles. The Kier molecular flexibility index (Phi) is 5.21. The van der Waals surface area contributed by atoms with E-state index in [1.807, 2.05) is 48.5 Å². The zero-order valence-electron chi connectivity index (χ0n) is 15.3. The fourth-order valence-corrected chi connectivity index (χ4v) is 3.82. The molecule has 0 saturated heterocycles. The molecule has 0 spiro atoms. The molecule has 28 heavy (non-hydrogen) atoms. The van der Waals surface area contributed by atoms with E-state index in [0.717, 1.165) is 28.9 Å². The number of nitrogens with zero attached hydrogens (tertiary/aromatic N) is 2. The van der Waals surface area contributed by atoms with Gasteiger partial charge in [0.2, 0.25) is 0 Å². The second-order valence-corrected chi connectivity index (χ2v) is 7.40. The molecule has 3 aromatic rings. The number of amides is 1. The Morgan fingerprint density at radius 1 is 0.893 bits per heavy atom. The maximum absolute atomic E-state index is 13.2. The van der Waals surface area contributed by atoms with Crippen molar-refractivity contribution >= 4 is 46.2 Å². The summed E-state index contributed by atoms with van der Waals surface area (Å²) in [5.74, 6) is -0.156. The number of anilines is 1. The van der Waals surface area contributed by atoms with E-state index in [1.54, 1.807) is 23.1 Å². The van der Waals surface area contributed by atoms with Gasteiger partial charge in [0.05, 0.1) is 17.9 Å². The first-order valence-corrected chi connectivity index (χ1v) is 9.86. The van der Waals surface area contributed by atoms with Gasteiger partial charge in [0.25, 0.3) is 5.91 Å². The Hall–Kier alpha value is -2.62. The zero-order valence-corrected chi connectivity index (χ0v) is 16.8. The third kappa shape index (κ3) is 3.44. The summed E-state index contributed by atoms with van der Waals surface area (Å²) in [7, 11) is 0. The Morgan fingerprint density at radius 3 is 2.25 bits per heavy atom. The number of aryl methyl sites for hydroxylation is 1. The number of rotatable bonds is 4. The minimum atomic E-state index is -0.156. The van der Waals surface area contributed by atoms with Crippen LogP contribution >= 0.6 is 23.2 Å². The molecular weight excluding hydrogens is 391 g/mol. The number of benzene rings is 3. The molecule has 3 aromatic carbocycles. The molecule has 1 aliphatic rings. The van der Waals surface area contributed by atoms with E-state index in [4.69, 9.17) is 23.2 Å². The minimum absolute atomic E-state index is 0.156. The Bertz CT molecular complexity index is 1050. The van der Waals surface area contributed by atoms with E-state index < -0.39 is 0 Å². The van der Waals surface area contributed by atoms with Gasteiger partial charge in [-0.3, -0.25) is 4.79 Å². The standard InChI is InChI=1S/C23H18Cl2N2O/c1-2-15-10-12-16(13-11-15)26-22-17-6-3-4-9-21(17)27(23(22)28)14-18-19(24)7-5-8-20(18)25/h3-13H,2,14H2,1H3. The summed E-state index contributed by atoms with van der Waals surface area (Å²) in [4.78, 5) is 19.6. The van der Waals surface area contributed by atoms with Crippen molar-refractivity contribution in [2.24, 2.45) is 4.99 Å². The molecule has 0 aliphatic carbocycles. The van der Waals surface area contributed by atoms with Crippen molar-refractivity contribution in [1.29, 1.82) is 0 Å². The van der Waals surface area contributed by atoms with Crippen LogP contribution in [0.2, 0.25) is 10.0 Å². The normalized spacial score (nSPS) is 14.6. The maximum Gasteiger partial charge on any atom is 0.277 e. The van der Waals surface area contributed by atoms with E-state index in [2.05, 4.69) is 11.9 Å². The molecule has 0 atom stereocenters. The first-order valence-electron chi connectivity index (χ1n) is 9.10. The third-order valence-corrected chi connectivity index (χ3v) is 5.57. The number of hydrogen-bond donors (Lipinski definition) is 0. The summed E-state index contributed by atoms with van der Waals surface area (Å²) in [6.45, 7) is 2.40. The lowest BCUT2D eigenvalue weighted by Crippen LogP contribution is -2.29. The molecule has 4 rings (SSSR count). The number of fused-ring (bicyclic) bond motifs is 1. The lowest BCUT2D eigenvalue weighted by Gasteiger charge is -2.18. The van der Waals surface area contributed by atoms with Gasteiger partial charge in [-0.1, -0.05) is 66.5 Å². The summed E-state index contributed by atoms with van der Waals surface area (Å²) < 4.78 is 0. The molecule has 0 unspecified atom stereocenters. The molecule has 3 nitrogen and oxygen atoms in total. The van der Waals surface area contributed by atoms with Crippen molar-refractivity contribution in [3.05, 3.63) is 93.5 Å². The van der Waals surface area contributed by atoms with Crippen molar-refractivity contribution in [2.45, 2.75) is 19.9 Å². The maximum atomic E-state index is 13.2. The van der Waals surface area contributed by atoms with Crippen LogP contribution in [0.15, 0.2) is 71.7 Å². The van der Waals surface area contributed by atoms with E-state index >= 15 is 0 Å². The van der Waals surface area contributed by atoms with Crippen LogP contribution in [0.5, 0.6) is 0 Å². The number of aliphatic imine (C=N–C) groups is 1. The van der Waals surface area contributed by atoms with Gasteiger partial charge in [-0.25, -0.2) is 4.99 Å². The monoisotopic (exact) mass is 408 g/mol. The average Bonchev–Trinajstić information content (AvgIpc) is 2.97. The number of para-hydroxylation sites is 1. The highest BCUT2D eigenvalue weighted by molar-refractivity contribution is 6.54. The van der Waals surface area contributed by atoms with Gasteiger partial charge in [-0.2, -0.15) is 0 Å². The van der Waals surface area contributed by atoms with Crippen LogP contribution in [0.4, 0.5) is 11.4 Å². The highest BCUT2D eigenvalue weighted by Gasteiger charge is 2.34. The fraction of sp³-hybridized carbons (Fsp3) is 0.130. The van der Waals surface area contributed by atoms with Gasteiger partial charge in [-0.15, -0.1) is 0 Å². The summed E-state index contributed by atoms with van der Waals surface area (Å²) >= 11 is 12.6. The summed E-state index contributed by atoms with van der Waals surface area (Å²) in [6.07, 6.45) is 0.963. The number of hydrogen-bond acceptors (Lipinski definition) is 2. The van der Waals surface area contributed by atoms with Crippen molar-refractivity contribution in [1.82, 2.24) is 0 Å². The van der Waals surface area contributed by atoms with Crippen LogP contribution in [-0.2, 0) is 17.8 Å². The van der Waals surface area contributed by atoms with E-state index in [1.165, 1.54) is 5.56 Å². The number of carbonyl (C=O) groups is 1. The van der Waals surface area contributed by atoms with Gasteiger partial charge in [0.15, 0.2) is 0 Å². The molecule has 0 aromatic heterocycles. The molecule has 140 valence electrons. The average molecular weight is 409 g/mol. The molecule has 1 amide bonds. The molecule has 0 radical (unpaired) electrons. The van der Waals surface area contributed by atoms with Gasteiger partial charge in [0, 0.05) is 21.2 Å². The number of halogens is 2. The molecule has 0 fully saturated rings. The van der Waals surface area contributed by atoms with Gasteiger partial charge in [0.1, 0.15) is 5.71 Å². The SMILES string of the molecule is CCc1ccc(N=C2C(=O)N(Cc3c(Cl)cccc3Cl)c3ccccc32)cc1. The third-order valence-electron chi connectivity index (χ3n) is 4.86. The lowest BCUT2D eigenvalue weighted by atomic mass is 10.1. The molecule has 1 aliphatic heterocycles. The molecule has 5 heteroatoms. The topological polar surface area (TPSA) is 32.7 Å². The van der Waals surface area contributed by atoms with Crippen LogP contribution in [0.25, 0.3) is 0 Å². The minimum Gasteiger partial charge on any atom is -0.302 e. The second-order valence-electron chi connectivity index (χ2n) is 6.59.